The number of esters is 1. The number of hydrogen-bond donors (Lipinski definition) is 0. The number of carbonyl (C=O) groups excluding carboxylic acids is 1. The third kappa shape index (κ3) is 2.75. The van der Waals surface area contributed by atoms with Crippen LogP contribution in [-0.2, 0) is 22.5 Å². The SMILES string of the molecule is CCOC(=O)c1sc2c(Br)ccc(COC)c2c1CC. The fourth-order valence-corrected chi connectivity index (χ4v) is 4.09. The van der Waals surface area contributed by atoms with Gasteiger partial charge in [0.25, 0.3) is 0 Å². The summed E-state index contributed by atoms with van der Waals surface area (Å²) >= 11 is 5.05. The molecule has 0 fully saturated rings. The van der Waals surface area contributed by atoms with Crippen molar-refractivity contribution < 1.29 is 14.3 Å². The molecule has 1 aromatic carbocycles. The molecule has 5 heteroatoms. The number of rotatable bonds is 5. The van der Waals surface area contributed by atoms with E-state index in [1.54, 1.807) is 7.11 Å². The molecule has 0 aliphatic carbocycles. The van der Waals surface area contributed by atoms with Crippen LogP contribution in [0.5, 0.6) is 0 Å². The van der Waals surface area contributed by atoms with Gasteiger partial charge in [-0.2, -0.15) is 0 Å². The zero-order valence-electron chi connectivity index (χ0n) is 11.8. The monoisotopic (exact) mass is 356 g/mol. The molecule has 0 aliphatic heterocycles. The lowest BCUT2D eigenvalue weighted by Gasteiger charge is -2.06. The number of fused-ring (bicyclic) bond motifs is 1. The van der Waals surface area contributed by atoms with Gasteiger partial charge in [0.2, 0.25) is 0 Å². The highest BCUT2D eigenvalue weighted by Crippen LogP contribution is 2.39. The fraction of sp³-hybridized carbons (Fsp3) is 0.400. The summed E-state index contributed by atoms with van der Waals surface area (Å²) in [5.41, 5.74) is 2.16. The van der Waals surface area contributed by atoms with Gasteiger partial charge in [0.05, 0.1) is 17.9 Å². The number of aryl methyl sites for hydroxylation is 1. The van der Waals surface area contributed by atoms with E-state index < -0.39 is 0 Å². The Labute approximate surface area is 131 Å². The third-order valence-corrected chi connectivity index (χ3v) is 5.26. The van der Waals surface area contributed by atoms with Gasteiger partial charge in [-0.05, 0) is 46.5 Å². The average Bonchev–Trinajstić information content (AvgIpc) is 2.83. The molecule has 0 atom stereocenters. The summed E-state index contributed by atoms with van der Waals surface area (Å²) in [7, 11) is 1.68. The second-order valence-electron chi connectivity index (χ2n) is 4.33. The Morgan fingerprint density at radius 2 is 2.10 bits per heavy atom. The maximum absolute atomic E-state index is 12.1. The number of carbonyl (C=O) groups is 1. The first-order chi connectivity index (χ1) is 9.63. The Morgan fingerprint density at radius 3 is 2.70 bits per heavy atom. The highest BCUT2D eigenvalue weighted by Gasteiger charge is 2.21. The van der Waals surface area contributed by atoms with Crippen molar-refractivity contribution in [3.63, 3.8) is 0 Å². The van der Waals surface area contributed by atoms with E-state index in [4.69, 9.17) is 9.47 Å². The van der Waals surface area contributed by atoms with Crippen molar-refractivity contribution in [2.24, 2.45) is 0 Å². The van der Waals surface area contributed by atoms with Crippen molar-refractivity contribution >= 4 is 43.3 Å². The van der Waals surface area contributed by atoms with Crippen LogP contribution in [0.2, 0.25) is 0 Å². The second-order valence-corrected chi connectivity index (χ2v) is 6.20. The van der Waals surface area contributed by atoms with Crippen molar-refractivity contribution in [3.8, 4) is 0 Å². The molecule has 20 heavy (non-hydrogen) atoms. The minimum Gasteiger partial charge on any atom is -0.462 e. The predicted octanol–water partition coefficient (Wildman–Crippen LogP) is 4.55. The number of ether oxygens (including phenoxy) is 2. The van der Waals surface area contributed by atoms with Gasteiger partial charge in [0.1, 0.15) is 4.88 Å². The van der Waals surface area contributed by atoms with Gasteiger partial charge in [-0.3, -0.25) is 0 Å². The summed E-state index contributed by atoms with van der Waals surface area (Å²) in [5.74, 6) is -0.235. The molecule has 0 aliphatic rings. The Morgan fingerprint density at radius 1 is 1.35 bits per heavy atom. The van der Waals surface area contributed by atoms with Crippen LogP contribution >= 0.6 is 27.3 Å². The zero-order valence-corrected chi connectivity index (χ0v) is 14.2. The molecule has 0 spiro atoms. The van der Waals surface area contributed by atoms with Gasteiger partial charge in [0.15, 0.2) is 0 Å². The summed E-state index contributed by atoms with van der Waals surface area (Å²) in [6.45, 7) is 4.81. The fourth-order valence-electron chi connectivity index (χ4n) is 2.28. The summed E-state index contributed by atoms with van der Waals surface area (Å²) in [5, 5.41) is 1.12. The van der Waals surface area contributed by atoms with Crippen LogP contribution in [0.3, 0.4) is 0 Å². The molecule has 0 N–H and O–H groups in total. The minimum absolute atomic E-state index is 0.235. The Bertz CT molecular complexity index is 634. The quantitative estimate of drug-likeness (QED) is 0.737. The van der Waals surface area contributed by atoms with Crippen LogP contribution in [0.25, 0.3) is 10.1 Å². The molecule has 3 nitrogen and oxygen atoms in total. The first-order valence-electron chi connectivity index (χ1n) is 6.52. The minimum atomic E-state index is -0.235. The van der Waals surface area contributed by atoms with E-state index in [9.17, 15) is 4.79 Å². The van der Waals surface area contributed by atoms with Gasteiger partial charge in [0, 0.05) is 17.0 Å². The molecular weight excluding hydrogens is 340 g/mol. The molecule has 0 saturated heterocycles. The standard InChI is InChI=1S/C15H17BrO3S/c1-4-10-12-9(8-18-3)6-7-11(16)14(12)20-13(10)15(17)19-5-2/h6-7H,4-5,8H2,1-3H3. The van der Waals surface area contributed by atoms with Gasteiger partial charge in [-0.15, -0.1) is 11.3 Å². The van der Waals surface area contributed by atoms with E-state index in [1.165, 1.54) is 11.3 Å². The topological polar surface area (TPSA) is 35.5 Å². The van der Waals surface area contributed by atoms with E-state index in [0.29, 0.717) is 18.1 Å². The number of halogens is 1. The smallest absolute Gasteiger partial charge is 0.348 e. The summed E-state index contributed by atoms with van der Waals surface area (Å²) in [4.78, 5) is 12.8. The lowest BCUT2D eigenvalue weighted by molar-refractivity contribution is 0.0531. The molecule has 2 aromatic rings. The highest BCUT2D eigenvalue weighted by atomic mass is 79.9. The van der Waals surface area contributed by atoms with Gasteiger partial charge in [-0.1, -0.05) is 13.0 Å². The lowest BCUT2D eigenvalue weighted by atomic mass is 10.0. The van der Waals surface area contributed by atoms with Crippen LogP contribution in [0.15, 0.2) is 16.6 Å². The van der Waals surface area contributed by atoms with Crippen LogP contribution in [-0.4, -0.2) is 19.7 Å². The first-order valence-corrected chi connectivity index (χ1v) is 8.13. The molecule has 0 unspecified atom stereocenters. The second kappa shape index (κ2) is 6.70. The Balaban J connectivity index is 2.70. The largest absolute Gasteiger partial charge is 0.462 e. The van der Waals surface area contributed by atoms with Crippen LogP contribution < -0.4 is 0 Å². The van der Waals surface area contributed by atoms with Gasteiger partial charge < -0.3 is 9.47 Å². The number of thiophene rings is 1. The van der Waals surface area contributed by atoms with Crippen molar-refractivity contribution in [3.05, 3.63) is 32.6 Å². The van der Waals surface area contributed by atoms with E-state index in [2.05, 4.69) is 22.9 Å². The first kappa shape index (κ1) is 15.5. The number of hydrogen-bond acceptors (Lipinski definition) is 4. The maximum Gasteiger partial charge on any atom is 0.348 e. The van der Waals surface area contributed by atoms with Crippen LogP contribution in [0, 0.1) is 0 Å². The molecule has 2 rings (SSSR count). The van der Waals surface area contributed by atoms with E-state index in [-0.39, 0.29) is 5.97 Å². The Hall–Kier alpha value is -0.910. The molecule has 0 radical (unpaired) electrons. The Kier molecular flexibility index (Phi) is 5.18. The molecule has 1 heterocycles. The van der Waals surface area contributed by atoms with Crippen molar-refractivity contribution in [1.82, 2.24) is 0 Å². The number of methoxy groups -OCH3 is 1. The normalized spacial score (nSPS) is 11.0. The average molecular weight is 357 g/mol. The van der Waals surface area contributed by atoms with Crippen molar-refractivity contribution in [2.45, 2.75) is 26.9 Å². The molecule has 0 bridgehead atoms. The van der Waals surface area contributed by atoms with Gasteiger partial charge >= 0.3 is 5.97 Å². The van der Waals surface area contributed by atoms with E-state index in [1.807, 2.05) is 19.1 Å². The predicted molar refractivity (Wildman–Crippen MR) is 85.6 cm³/mol. The van der Waals surface area contributed by atoms with Crippen molar-refractivity contribution in [2.75, 3.05) is 13.7 Å². The third-order valence-electron chi connectivity index (χ3n) is 3.09. The van der Waals surface area contributed by atoms with Gasteiger partial charge in [-0.25, -0.2) is 4.79 Å². The molecule has 0 saturated carbocycles. The van der Waals surface area contributed by atoms with Crippen LogP contribution in [0.1, 0.15) is 34.6 Å². The van der Waals surface area contributed by atoms with Crippen molar-refractivity contribution in [1.29, 1.82) is 0 Å². The zero-order chi connectivity index (χ0) is 14.7. The summed E-state index contributed by atoms with van der Waals surface area (Å²) < 4.78 is 12.5. The molecule has 1 aromatic heterocycles. The molecule has 0 amide bonds. The molecular formula is C15H17BrO3S. The van der Waals surface area contributed by atoms with Crippen LogP contribution in [0.4, 0.5) is 0 Å². The van der Waals surface area contributed by atoms with E-state index in [0.717, 1.165) is 32.1 Å². The number of benzene rings is 1. The molecule has 108 valence electrons. The lowest BCUT2D eigenvalue weighted by Crippen LogP contribution is -2.05. The summed E-state index contributed by atoms with van der Waals surface area (Å²) in [6.07, 6.45) is 0.793. The highest BCUT2D eigenvalue weighted by molar-refractivity contribution is 9.10. The van der Waals surface area contributed by atoms with E-state index >= 15 is 0 Å². The summed E-state index contributed by atoms with van der Waals surface area (Å²) in [6, 6.07) is 4.04. The maximum atomic E-state index is 12.1.